The van der Waals surface area contributed by atoms with Crippen LogP contribution in [-0.4, -0.2) is 0 Å². The smallest absolute Gasteiger partial charge is 0.165 e. The van der Waals surface area contributed by atoms with Gasteiger partial charge in [0.15, 0.2) is 11.6 Å². The summed E-state index contributed by atoms with van der Waals surface area (Å²) in [5, 5.41) is 9.32. The normalized spacial score (nSPS) is 9.71. The van der Waals surface area contributed by atoms with Crippen molar-refractivity contribution in [3.63, 3.8) is 0 Å². The fraction of sp³-hybridized carbons (Fsp3) is 0. The maximum Gasteiger partial charge on any atom is 0.165 e. The Morgan fingerprint density at radius 3 is 2.59 bits per heavy atom. The molecule has 2 rings (SSSR count). The van der Waals surface area contributed by atoms with Gasteiger partial charge in [-0.15, -0.1) is 0 Å². The first kappa shape index (κ1) is 11.4. The zero-order chi connectivity index (χ0) is 12.3. The summed E-state index contributed by atoms with van der Waals surface area (Å²) >= 11 is 5.80. The molecule has 0 spiro atoms. The Labute approximate surface area is 103 Å². The second-order valence-corrected chi connectivity index (χ2v) is 3.72. The lowest BCUT2D eigenvalue weighted by molar-refractivity contribution is 0.441. The van der Waals surface area contributed by atoms with E-state index in [-0.39, 0.29) is 11.5 Å². The van der Waals surface area contributed by atoms with Crippen LogP contribution >= 0.6 is 11.6 Å². The van der Waals surface area contributed by atoms with E-state index in [9.17, 15) is 4.39 Å². The summed E-state index contributed by atoms with van der Waals surface area (Å²) in [5.74, 6) is -0.187. The van der Waals surface area contributed by atoms with Crippen molar-refractivity contribution in [1.82, 2.24) is 0 Å². The van der Waals surface area contributed by atoms with E-state index in [0.717, 1.165) is 0 Å². The molecule has 0 aliphatic heterocycles. The van der Waals surface area contributed by atoms with Crippen molar-refractivity contribution in [2.75, 3.05) is 0 Å². The molecule has 4 heteroatoms. The molecule has 0 fully saturated rings. The number of hydrogen-bond acceptors (Lipinski definition) is 2. The topological polar surface area (TPSA) is 33.0 Å². The highest BCUT2D eigenvalue weighted by molar-refractivity contribution is 6.30. The molecule has 2 aromatic rings. The number of para-hydroxylation sites is 1. The molecule has 0 bridgehead atoms. The van der Waals surface area contributed by atoms with Crippen molar-refractivity contribution in [3.8, 4) is 17.6 Å². The summed E-state index contributed by atoms with van der Waals surface area (Å²) in [6, 6.07) is 12.5. The first-order chi connectivity index (χ1) is 8.20. The third-order valence-electron chi connectivity index (χ3n) is 2.12. The number of nitriles is 1. The van der Waals surface area contributed by atoms with Gasteiger partial charge in [-0.25, -0.2) is 4.39 Å². The Hall–Kier alpha value is -2.05. The van der Waals surface area contributed by atoms with Gasteiger partial charge in [-0.1, -0.05) is 23.7 Å². The molecule has 0 heterocycles. The molecule has 0 aliphatic carbocycles. The molecule has 0 saturated heterocycles. The summed E-state index contributed by atoms with van der Waals surface area (Å²) in [7, 11) is 0. The SMILES string of the molecule is N#Cc1ccc(Cl)cc1Oc1ccccc1F. The molecule has 0 saturated carbocycles. The van der Waals surface area contributed by atoms with Crippen LogP contribution in [0.5, 0.6) is 11.5 Å². The minimum Gasteiger partial charge on any atom is -0.453 e. The van der Waals surface area contributed by atoms with E-state index in [1.54, 1.807) is 18.2 Å². The zero-order valence-corrected chi connectivity index (χ0v) is 9.41. The maximum atomic E-state index is 13.4. The van der Waals surface area contributed by atoms with Crippen LogP contribution in [0.3, 0.4) is 0 Å². The number of ether oxygens (including phenoxy) is 1. The van der Waals surface area contributed by atoms with Gasteiger partial charge >= 0.3 is 0 Å². The summed E-state index contributed by atoms with van der Waals surface area (Å²) in [6.07, 6.45) is 0. The Bertz CT molecular complexity index is 592. The highest BCUT2D eigenvalue weighted by Gasteiger charge is 2.08. The van der Waals surface area contributed by atoms with Crippen molar-refractivity contribution < 1.29 is 9.13 Å². The first-order valence-electron chi connectivity index (χ1n) is 4.83. The van der Waals surface area contributed by atoms with Gasteiger partial charge in [0.2, 0.25) is 0 Å². The number of benzene rings is 2. The molecule has 84 valence electrons. The molecule has 2 nitrogen and oxygen atoms in total. The van der Waals surface area contributed by atoms with Crippen LogP contribution in [-0.2, 0) is 0 Å². The lowest BCUT2D eigenvalue weighted by atomic mass is 10.2. The summed E-state index contributed by atoms with van der Waals surface area (Å²) in [5.41, 5.74) is 0.303. The lowest BCUT2D eigenvalue weighted by Gasteiger charge is -2.08. The van der Waals surface area contributed by atoms with Crippen molar-refractivity contribution in [1.29, 1.82) is 5.26 Å². The van der Waals surface area contributed by atoms with Crippen molar-refractivity contribution in [2.24, 2.45) is 0 Å². The van der Waals surface area contributed by atoms with Crippen LogP contribution in [0.2, 0.25) is 5.02 Å². The van der Waals surface area contributed by atoms with E-state index >= 15 is 0 Å². The highest BCUT2D eigenvalue weighted by atomic mass is 35.5. The van der Waals surface area contributed by atoms with Crippen molar-refractivity contribution >= 4 is 11.6 Å². The molecular formula is C13H7ClFNO. The Morgan fingerprint density at radius 2 is 1.88 bits per heavy atom. The van der Waals surface area contributed by atoms with Crippen LogP contribution in [0.1, 0.15) is 5.56 Å². The van der Waals surface area contributed by atoms with Crippen molar-refractivity contribution in [2.45, 2.75) is 0 Å². The Kier molecular flexibility index (Phi) is 3.27. The molecule has 0 radical (unpaired) electrons. The van der Waals surface area contributed by atoms with Gasteiger partial charge in [-0.05, 0) is 24.3 Å². The molecule has 0 aromatic heterocycles. The molecule has 17 heavy (non-hydrogen) atoms. The van der Waals surface area contributed by atoms with Gasteiger partial charge in [-0.2, -0.15) is 5.26 Å². The molecule has 0 atom stereocenters. The third-order valence-corrected chi connectivity index (χ3v) is 2.36. The summed E-state index contributed by atoms with van der Waals surface area (Å²) < 4.78 is 18.7. The minimum atomic E-state index is -0.489. The van der Waals surface area contributed by atoms with Gasteiger partial charge < -0.3 is 4.74 Å². The number of hydrogen-bond donors (Lipinski definition) is 0. The van der Waals surface area contributed by atoms with Gasteiger partial charge in [0.25, 0.3) is 0 Å². The van der Waals surface area contributed by atoms with E-state index in [2.05, 4.69) is 0 Å². The number of nitrogens with zero attached hydrogens (tertiary/aromatic N) is 1. The van der Waals surface area contributed by atoms with Crippen LogP contribution in [0, 0.1) is 17.1 Å². The molecule has 2 aromatic carbocycles. The second-order valence-electron chi connectivity index (χ2n) is 3.28. The fourth-order valence-corrected chi connectivity index (χ4v) is 1.48. The molecule has 0 N–H and O–H groups in total. The van der Waals surface area contributed by atoms with Crippen LogP contribution in [0.25, 0.3) is 0 Å². The zero-order valence-electron chi connectivity index (χ0n) is 8.65. The van der Waals surface area contributed by atoms with E-state index in [1.807, 2.05) is 6.07 Å². The molecule has 0 amide bonds. The lowest BCUT2D eigenvalue weighted by Crippen LogP contribution is -1.90. The van der Waals surface area contributed by atoms with Crippen LogP contribution in [0.4, 0.5) is 4.39 Å². The van der Waals surface area contributed by atoms with Gasteiger partial charge in [0.05, 0.1) is 5.56 Å². The number of rotatable bonds is 2. The maximum absolute atomic E-state index is 13.4. The van der Waals surface area contributed by atoms with Gasteiger partial charge in [0, 0.05) is 11.1 Å². The van der Waals surface area contributed by atoms with E-state index in [4.69, 9.17) is 21.6 Å². The third kappa shape index (κ3) is 2.55. The summed E-state index contributed by atoms with van der Waals surface area (Å²) in [6.45, 7) is 0. The van der Waals surface area contributed by atoms with Crippen LogP contribution < -0.4 is 4.74 Å². The molecule has 0 unspecified atom stereocenters. The standard InChI is InChI=1S/C13H7ClFNO/c14-10-6-5-9(8-16)13(7-10)17-12-4-2-1-3-11(12)15/h1-7H. The Morgan fingerprint density at radius 1 is 1.12 bits per heavy atom. The van der Waals surface area contributed by atoms with E-state index in [1.165, 1.54) is 24.3 Å². The predicted molar refractivity (Wildman–Crippen MR) is 62.6 cm³/mol. The predicted octanol–water partition coefficient (Wildman–Crippen LogP) is 4.14. The minimum absolute atomic E-state index is 0.0614. The van der Waals surface area contributed by atoms with E-state index in [0.29, 0.717) is 10.6 Å². The Balaban J connectivity index is 2.40. The van der Waals surface area contributed by atoms with Gasteiger partial charge in [-0.3, -0.25) is 0 Å². The fourth-order valence-electron chi connectivity index (χ4n) is 1.32. The number of halogens is 2. The average Bonchev–Trinajstić information content (AvgIpc) is 2.32. The van der Waals surface area contributed by atoms with Gasteiger partial charge in [0.1, 0.15) is 11.8 Å². The quantitative estimate of drug-likeness (QED) is 0.799. The molecular weight excluding hydrogens is 241 g/mol. The van der Waals surface area contributed by atoms with Crippen molar-refractivity contribution in [3.05, 3.63) is 58.9 Å². The second kappa shape index (κ2) is 4.86. The average molecular weight is 248 g/mol. The summed E-state index contributed by atoms with van der Waals surface area (Å²) in [4.78, 5) is 0. The monoisotopic (exact) mass is 247 g/mol. The molecule has 0 aliphatic rings. The van der Waals surface area contributed by atoms with Crippen LogP contribution in [0.15, 0.2) is 42.5 Å². The first-order valence-corrected chi connectivity index (χ1v) is 5.20. The largest absolute Gasteiger partial charge is 0.453 e. The highest BCUT2D eigenvalue weighted by Crippen LogP contribution is 2.29. The van der Waals surface area contributed by atoms with E-state index < -0.39 is 5.82 Å².